The topological polar surface area (TPSA) is 59.4 Å². The Hall–Kier alpha value is -1.20. The van der Waals surface area contributed by atoms with Crippen LogP contribution in [0.2, 0.25) is 0 Å². The van der Waals surface area contributed by atoms with Crippen molar-refractivity contribution in [2.24, 2.45) is 0 Å². The lowest BCUT2D eigenvalue weighted by Crippen LogP contribution is -2.02. The Morgan fingerprint density at radius 3 is 3.06 bits per heavy atom. The lowest BCUT2D eigenvalue weighted by atomic mass is 10.3. The summed E-state index contributed by atoms with van der Waals surface area (Å²) in [5.74, 6) is 2.04. The van der Waals surface area contributed by atoms with Gasteiger partial charge < -0.3 is 14.0 Å². The predicted octanol–water partition coefficient (Wildman–Crippen LogP) is 2.55. The number of thioether (sulfide) groups is 1. The molecule has 86 valence electrons. The minimum absolute atomic E-state index is 0.174. The molecule has 5 heteroatoms. The van der Waals surface area contributed by atoms with E-state index in [0.29, 0.717) is 11.5 Å². The summed E-state index contributed by atoms with van der Waals surface area (Å²) in [7, 11) is 0. The summed E-state index contributed by atoms with van der Waals surface area (Å²) < 4.78 is 10.4. The van der Waals surface area contributed by atoms with Crippen LogP contribution in [0, 0.1) is 0 Å². The molecular formula is C11H13NO3S. The third kappa shape index (κ3) is 2.68. The highest BCUT2D eigenvalue weighted by molar-refractivity contribution is 7.99. The summed E-state index contributed by atoms with van der Waals surface area (Å²) in [4.78, 5) is 0. The molecular weight excluding hydrogens is 226 g/mol. The van der Waals surface area contributed by atoms with Crippen molar-refractivity contribution < 1.29 is 14.0 Å². The summed E-state index contributed by atoms with van der Waals surface area (Å²) in [6, 6.07) is 5.49. The largest absolute Gasteiger partial charge is 0.461 e. The zero-order valence-electron chi connectivity index (χ0n) is 8.92. The van der Waals surface area contributed by atoms with E-state index in [0.717, 1.165) is 11.4 Å². The van der Waals surface area contributed by atoms with Crippen molar-refractivity contribution in [3.05, 3.63) is 30.2 Å². The first kappa shape index (κ1) is 11.3. The summed E-state index contributed by atoms with van der Waals surface area (Å²) >= 11 is 1.64. The minimum Gasteiger partial charge on any atom is -0.461 e. The first-order valence-corrected chi connectivity index (χ1v) is 6.06. The van der Waals surface area contributed by atoms with E-state index in [1.54, 1.807) is 24.1 Å². The van der Waals surface area contributed by atoms with Crippen LogP contribution < -0.4 is 0 Å². The second kappa shape index (κ2) is 5.23. The standard InChI is InChI=1S/C11H13NO3S/c1-8(6-13)16-7-9-5-11(15-12-9)10-3-2-4-14-10/h2-5,8,13H,6-7H2,1H3. The van der Waals surface area contributed by atoms with Crippen LogP contribution in [0.1, 0.15) is 12.6 Å². The Morgan fingerprint density at radius 2 is 2.38 bits per heavy atom. The number of aliphatic hydroxyl groups is 1. The molecule has 1 unspecified atom stereocenters. The highest BCUT2D eigenvalue weighted by Crippen LogP contribution is 2.23. The molecule has 16 heavy (non-hydrogen) atoms. The van der Waals surface area contributed by atoms with E-state index < -0.39 is 0 Å². The Morgan fingerprint density at radius 1 is 1.50 bits per heavy atom. The predicted molar refractivity (Wildman–Crippen MR) is 62.0 cm³/mol. The van der Waals surface area contributed by atoms with Gasteiger partial charge in [0.25, 0.3) is 0 Å². The zero-order valence-corrected chi connectivity index (χ0v) is 9.74. The van der Waals surface area contributed by atoms with Crippen molar-refractivity contribution in [1.82, 2.24) is 5.16 Å². The van der Waals surface area contributed by atoms with Crippen LogP contribution >= 0.6 is 11.8 Å². The molecule has 0 saturated heterocycles. The zero-order chi connectivity index (χ0) is 11.4. The summed E-state index contributed by atoms with van der Waals surface area (Å²) in [6.07, 6.45) is 1.60. The number of aliphatic hydroxyl groups excluding tert-OH is 1. The molecule has 4 nitrogen and oxygen atoms in total. The fourth-order valence-electron chi connectivity index (χ4n) is 1.20. The number of furan rings is 1. The van der Waals surface area contributed by atoms with Crippen molar-refractivity contribution in [3.8, 4) is 11.5 Å². The lowest BCUT2D eigenvalue weighted by molar-refractivity contribution is 0.300. The maximum atomic E-state index is 8.89. The van der Waals surface area contributed by atoms with Crippen molar-refractivity contribution >= 4 is 11.8 Å². The van der Waals surface area contributed by atoms with Crippen LogP contribution in [-0.4, -0.2) is 22.1 Å². The molecule has 2 aromatic rings. The van der Waals surface area contributed by atoms with Crippen LogP contribution in [0.25, 0.3) is 11.5 Å². The van der Waals surface area contributed by atoms with E-state index in [1.165, 1.54) is 0 Å². The molecule has 0 aliphatic carbocycles. The Kier molecular flexibility index (Phi) is 3.69. The third-order valence-electron chi connectivity index (χ3n) is 2.10. The third-order valence-corrected chi connectivity index (χ3v) is 3.28. The average Bonchev–Trinajstić information content (AvgIpc) is 2.95. The number of hydrogen-bond acceptors (Lipinski definition) is 5. The van der Waals surface area contributed by atoms with Gasteiger partial charge in [0.2, 0.25) is 5.76 Å². The minimum atomic E-state index is 0.174. The van der Waals surface area contributed by atoms with Gasteiger partial charge in [-0.15, -0.1) is 11.8 Å². The van der Waals surface area contributed by atoms with Gasteiger partial charge in [0.05, 0.1) is 18.6 Å². The Labute approximate surface area is 97.6 Å². The van der Waals surface area contributed by atoms with Gasteiger partial charge in [0.15, 0.2) is 5.76 Å². The van der Waals surface area contributed by atoms with Gasteiger partial charge in [-0.1, -0.05) is 12.1 Å². The van der Waals surface area contributed by atoms with Crippen molar-refractivity contribution in [3.63, 3.8) is 0 Å². The van der Waals surface area contributed by atoms with E-state index in [2.05, 4.69) is 5.16 Å². The molecule has 2 rings (SSSR count). The maximum absolute atomic E-state index is 8.89. The van der Waals surface area contributed by atoms with Gasteiger partial charge in [0, 0.05) is 17.1 Å². The monoisotopic (exact) mass is 239 g/mol. The summed E-state index contributed by atoms with van der Waals surface area (Å²) in [5.41, 5.74) is 0.858. The van der Waals surface area contributed by atoms with Crippen LogP contribution in [0.15, 0.2) is 33.4 Å². The number of aromatic nitrogens is 1. The van der Waals surface area contributed by atoms with Gasteiger partial charge in [0.1, 0.15) is 0 Å². The number of hydrogen-bond donors (Lipinski definition) is 1. The van der Waals surface area contributed by atoms with Crippen LogP contribution in [-0.2, 0) is 5.75 Å². The van der Waals surface area contributed by atoms with Crippen LogP contribution in [0.5, 0.6) is 0 Å². The molecule has 1 N–H and O–H groups in total. The van der Waals surface area contributed by atoms with Crippen molar-refractivity contribution in [2.45, 2.75) is 17.9 Å². The second-order valence-electron chi connectivity index (χ2n) is 3.46. The smallest absolute Gasteiger partial charge is 0.202 e. The van der Waals surface area contributed by atoms with E-state index >= 15 is 0 Å². The van der Waals surface area contributed by atoms with Gasteiger partial charge in [-0.3, -0.25) is 0 Å². The fourth-order valence-corrected chi connectivity index (χ4v) is 1.89. The van der Waals surface area contributed by atoms with E-state index in [9.17, 15) is 0 Å². The molecule has 0 bridgehead atoms. The molecule has 0 saturated carbocycles. The number of rotatable bonds is 5. The van der Waals surface area contributed by atoms with Crippen LogP contribution in [0.4, 0.5) is 0 Å². The molecule has 0 spiro atoms. The van der Waals surface area contributed by atoms with Crippen LogP contribution in [0.3, 0.4) is 0 Å². The molecule has 0 aromatic carbocycles. The van der Waals surface area contributed by atoms with Gasteiger partial charge >= 0.3 is 0 Å². The molecule has 0 amide bonds. The molecule has 0 radical (unpaired) electrons. The van der Waals surface area contributed by atoms with Crippen molar-refractivity contribution in [1.29, 1.82) is 0 Å². The van der Waals surface area contributed by atoms with E-state index in [4.69, 9.17) is 14.0 Å². The average molecular weight is 239 g/mol. The molecule has 2 aromatic heterocycles. The van der Waals surface area contributed by atoms with E-state index in [1.807, 2.05) is 19.1 Å². The Bertz CT molecular complexity index is 424. The summed E-state index contributed by atoms with van der Waals surface area (Å²) in [6.45, 7) is 2.14. The quantitative estimate of drug-likeness (QED) is 0.868. The van der Waals surface area contributed by atoms with Crippen molar-refractivity contribution in [2.75, 3.05) is 6.61 Å². The maximum Gasteiger partial charge on any atom is 0.202 e. The second-order valence-corrected chi connectivity index (χ2v) is 4.89. The molecule has 0 aliphatic rings. The Balaban J connectivity index is 1.98. The van der Waals surface area contributed by atoms with Gasteiger partial charge in [-0.05, 0) is 12.1 Å². The first-order valence-electron chi connectivity index (χ1n) is 5.01. The normalized spacial score (nSPS) is 12.9. The molecule has 0 fully saturated rings. The molecule has 2 heterocycles. The summed E-state index contributed by atoms with van der Waals surface area (Å²) in [5, 5.41) is 13.0. The number of nitrogens with zero attached hydrogens (tertiary/aromatic N) is 1. The van der Waals surface area contributed by atoms with Gasteiger partial charge in [-0.25, -0.2) is 0 Å². The van der Waals surface area contributed by atoms with Gasteiger partial charge in [-0.2, -0.15) is 0 Å². The fraction of sp³-hybridized carbons (Fsp3) is 0.364. The first-order chi connectivity index (χ1) is 7.79. The van der Waals surface area contributed by atoms with E-state index in [-0.39, 0.29) is 11.9 Å². The lowest BCUT2D eigenvalue weighted by Gasteiger charge is -2.03. The molecule has 1 atom stereocenters. The molecule has 0 aliphatic heterocycles. The highest BCUT2D eigenvalue weighted by Gasteiger charge is 2.10. The SMILES string of the molecule is CC(CO)SCc1cc(-c2ccco2)on1. The highest BCUT2D eigenvalue weighted by atomic mass is 32.2.